The number of hydrogen-bond donors (Lipinski definition) is 0. The lowest BCUT2D eigenvalue weighted by atomic mass is 9.95. The van der Waals surface area contributed by atoms with Crippen LogP contribution in [0.1, 0.15) is 43.7 Å². The zero-order chi connectivity index (χ0) is 13.8. The van der Waals surface area contributed by atoms with Gasteiger partial charge < -0.3 is 4.90 Å². The summed E-state index contributed by atoms with van der Waals surface area (Å²) < 4.78 is 0. The molecule has 1 aliphatic heterocycles. The number of para-hydroxylation sites is 2. The summed E-state index contributed by atoms with van der Waals surface area (Å²) in [6.07, 6.45) is 6.32. The Balaban J connectivity index is 1.87. The van der Waals surface area contributed by atoms with Gasteiger partial charge in [-0.05, 0) is 29.7 Å². The van der Waals surface area contributed by atoms with Crippen LogP contribution in [0, 0.1) is 0 Å². The summed E-state index contributed by atoms with van der Waals surface area (Å²) in [6, 6.07) is 17.7. The van der Waals surface area contributed by atoms with E-state index in [0.29, 0.717) is 0 Å². The largest absolute Gasteiger partial charge is 0.341 e. The van der Waals surface area contributed by atoms with Crippen LogP contribution in [0.25, 0.3) is 0 Å². The van der Waals surface area contributed by atoms with Crippen LogP contribution < -0.4 is 4.90 Å². The molecular formula is C19H23N. The highest BCUT2D eigenvalue weighted by molar-refractivity contribution is 5.74. The number of fused-ring (bicyclic) bond motifs is 2. The van der Waals surface area contributed by atoms with Crippen LogP contribution >= 0.6 is 0 Å². The van der Waals surface area contributed by atoms with Crippen molar-refractivity contribution >= 4 is 11.4 Å². The Hall–Kier alpha value is -1.76. The van der Waals surface area contributed by atoms with Gasteiger partial charge in [0.1, 0.15) is 0 Å². The van der Waals surface area contributed by atoms with Gasteiger partial charge in [-0.3, -0.25) is 0 Å². The Kier molecular flexibility index (Phi) is 4.05. The average Bonchev–Trinajstić information content (AvgIpc) is 2.50. The predicted octanol–water partition coefficient (Wildman–Crippen LogP) is 5.31. The van der Waals surface area contributed by atoms with Gasteiger partial charge in [0, 0.05) is 24.3 Å². The SMILES string of the molecule is CCCCCCN1c2ccccc2Cc2ccccc21. The van der Waals surface area contributed by atoms with Crippen molar-refractivity contribution in [1.29, 1.82) is 0 Å². The molecule has 0 saturated carbocycles. The number of anilines is 2. The predicted molar refractivity (Wildman–Crippen MR) is 86.8 cm³/mol. The standard InChI is InChI=1S/C19H23N/c1-2-3-4-9-14-20-18-12-7-5-10-16(18)15-17-11-6-8-13-19(17)20/h5-8,10-13H,2-4,9,14-15H2,1H3. The molecule has 0 aliphatic carbocycles. The van der Waals surface area contributed by atoms with Gasteiger partial charge in [-0.1, -0.05) is 62.6 Å². The van der Waals surface area contributed by atoms with Gasteiger partial charge >= 0.3 is 0 Å². The number of hydrogen-bond acceptors (Lipinski definition) is 1. The van der Waals surface area contributed by atoms with Gasteiger partial charge in [0.25, 0.3) is 0 Å². The third kappa shape index (κ3) is 2.58. The van der Waals surface area contributed by atoms with Gasteiger partial charge in [-0.2, -0.15) is 0 Å². The van der Waals surface area contributed by atoms with Crippen molar-refractivity contribution in [2.24, 2.45) is 0 Å². The smallest absolute Gasteiger partial charge is 0.0446 e. The highest BCUT2D eigenvalue weighted by atomic mass is 15.1. The molecule has 2 aromatic rings. The molecule has 1 aliphatic rings. The zero-order valence-corrected chi connectivity index (χ0v) is 12.3. The molecule has 0 aromatic heterocycles. The van der Waals surface area contributed by atoms with Crippen LogP contribution in [0.2, 0.25) is 0 Å². The quantitative estimate of drug-likeness (QED) is 0.662. The summed E-state index contributed by atoms with van der Waals surface area (Å²) >= 11 is 0. The molecular weight excluding hydrogens is 242 g/mol. The second kappa shape index (κ2) is 6.13. The van der Waals surface area contributed by atoms with Gasteiger partial charge in [0.15, 0.2) is 0 Å². The van der Waals surface area contributed by atoms with Gasteiger partial charge in [0.2, 0.25) is 0 Å². The molecule has 0 atom stereocenters. The third-order valence-electron chi connectivity index (χ3n) is 4.18. The lowest BCUT2D eigenvalue weighted by molar-refractivity contribution is 0.666. The van der Waals surface area contributed by atoms with E-state index in [1.54, 1.807) is 0 Å². The van der Waals surface area contributed by atoms with Crippen LogP contribution in [-0.2, 0) is 6.42 Å². The maximum atomic E-state index is 2.52. The normalized spacial score (nSPS) is 12.9. The Bertz CT molecular complexity index is 528. The number of benzene rings is 2. The first kappa shape index (κ1) is 13.2. The monoisotopic (exact) mass is 265 g/mol. The molecule has 0 fully saturated rings. The first-order valence-corrected chi connectivity index (χ1v) is 7.83. The highest BCUT2D eigenvalue weighted by Gasteiger charge is 2.21. The highest BCUT2D eigenvalue weighted by Crippen LogP contribution is 2.38. The lowest BCUT2D eigenvalue weighted by Crippen LogP contribution is -2.24. The molecule has 0 N–H and O–H groups in total. The van der Waals surface area contributed by atoms with Crippen molar-refractivity contribution in [3.05, 3.63) is 59.7 Å². The van der Waals surface area contributed by atoms with E-state index in [-0.39, 0.29) is 0 Å². The summed E-state index contributed by atoms with van der Waals surface area (Å²) in [5.41, 5.74) is 5.73. The second-order valence-electron chi connectivity index (χ2n) is 5.65. The van der Waals surface area contributed by atoms with Crippen LogP contribution in [0.15, 0.2) is 48.5 Å². The van der Waals surface area contributed by atoms with Gasteiger partial charge in [-0.15, -0.1) is 0 Å². The summed E-state index contributed by atoms with van der Waals surface area (Å²) in [5.74, 6) is 0. The Labute approximate surface area is 122 Å². The van der Waals surface area contributed by atoms with E-state index in [2.05, 4.69) is 60.4 Å². The van der Waals surface area contributed by atoms with Crippen LogP contribution in [0.3, 0.4) is 0 Å². The van der Waals surface area contributed by atoms with E-state index in [4.69, 9.17) is 0 Å². The summed E-state index contributed by atoms with van der Waals surface area (Å²) in [4.78, 5) is 2.52. The van der Waals surface area contributed by atoms with E-state index in [1.807, 2.05) is 0 Å². The van der Waals surface area contributed by atoms with Crippen molar-refractivity contribution in [1.82, 2.24) is 0 Å². The first-order chi connectivity index (χ1) is 9.90. The van der Waals surface area contributed by atoms with Crippen LogP contribution in [0.5, 0.6) is 0 Å². The van der Waals surface area contributed by atoms with E-state index in [9.17, 15) is 0 Å². The lowest BCUT2D eigenvalue weighted by Gasteiger charge is -2.33. The fraction of sp³-hybridized carbons (Fsp3) is 0.368. The molecule has 0 unspecified atom stereocenters. The van der Waals surface area contributed by atoms with Gasteiger partial charge in [-0.25, -0.2) is 0 Å². The minimum Gasteiger partial charge on any atom is -0.341 e. The molecule has 0 bridgehead atoms. The van der Waals surface area contributed by atoms with Crippen molar-refractivity contribution in [3.63, 3.8) is 0 Å². The number of nitrogens with zero attached hydrogens (tertiary/aromatic N) is 1. The average molecular weight is 265 g/mol. The van der Waals surface area contributed by atoms with E-state index in [0.717, 1.165) is 13.0 Å². The molecule has 3 rings (SSSR count). The molecule has 0 spiro atoms. The van der Waals surface area contributed by atoms with Crippen molar-refractivity contribution in [3.8, 4) is 0 Å². The van der Waals surface area contributed by atoms with E-state index < -0.39 is 0 Å². The summed E-state index contributed by atoms with van der Waals surface area (Å²) in [6.45, 7) is 3.40. The van der Waals surface area contributed by atoms with Crippen LogP contribution in [-0.4, -0.2) is 6.54 Å². The molecule has 1 heterocycles. The Morgan fingerprint density at radius 1 is 0.800 bits per heavy atom. The topological polar surface area (TPSA) is 3.24 Å². The maximum Gasteiger partial charge on any atom is 0.0446 e. The third-order valence-corrected chi connectivity index (χ3v) is 4.18. The van der Waals surface area contributed by atoms with Crippen molar-refractivity contribution in [2.75, 3.05) is 11.4 Å². The molecule has 104 valence electrons. The Morgan fingerprint density at radius 2 is 1.40 bits per heavy atom. The molecule has 0 radical (unpaired) electrons. The molecule has 2 aromatic carbocycles. The first-order valence-electron chi connectivity index (χ1n) is 7.83. The molecule has 0 amide bonds. The number of rotatable bonds is 5. The van der Waals surface area contributed by atoms with E-state index >= 15 is 0 Å². The molecule has 0 saturated heterocycles. The maximum absolute atomic E-state index is 2.52. The van der Waals surface area contributed by atoms with Gasteiger partial charge in [0.05, 0.1) is 0 Å². The van der Waals surface area contributed by atoms with Crippen molar-refractivity contribution in [2.45, 2.75) is 39.0 Å². The summed E-state index contributed by atoms with van der Waals surface area (Å²) in [7, 11) is 0. The van der Waals surface area contributed by atoms with E-state index in [1.165, 1.54) is 48.2 Å². The summed E-state index contributed by atoms with van der Waals surface area (Å²) in [5, 5.41) is 0. The molecule has 1 nitrogen and oxygen atoms in total. The van der Waals surface area contributed by atoms with Crippen LogP contribution in [0.4, 0.5) is 11.4 Å². The minimum absolute atomic E-state index is 1.07. The fourth-order valence-electron chi connectivity index (χ4n) is 3.12. The Morgan fingerprint density at radius 3 is 2.00 bits per heavy atom. The minimum atomic E-state index is 1.07. The van der Waals surface area contributed by atoms with Crippen molar-refractivity contribution < 1.29 is 0 Å². The zero-order valence-electron chi connectivity index (χ0n) is 12.3. The molecule has 1 heteroatoms. The number of unbranched alkanes of at least 4 members (excludes halogenated alkanes) is 3. The second-order valence-corrected chi connectivity index (χ2v) is 5.65. The molecule has 20 heavy (non-hydrogen) atoms. The fourth-order valence-corrected chi connectivity index (χ4v) is 3.12.